The number of thioether (sulfide) groups is 1. The summed E-state index contributed by atoms with van der Waals surface area (Å²) in [6.07, 6.45) is 14.5. The van der Waals surface area contributed by atoms with E-state index in [1.54, 1.807) is 5.41 Å². The second-order valence-corrected chi connectivity index (χ2v) is 7.04. The molecule has 0 spiro atoms. The standard InChI is InChI=1S/C18H31NO2S/c1-2-3-4-5-6-10-14-19-17(20)13-15-22-18(21)16-11-8-7-9-12-16/h13,15-16H,2-12,14H2,1H3,(H,19,20). The highest BCUT2D eigenvalue weighted by Gasteiger charge is 2.20. The quantitative estimate of drug-likeness (QED) is 0.463. The Balaban J connectivity index is 2.02. The van der Waals surface area contributed by atoms with Gasteiger partial charge in [0.15, 0.2) is 5.12 Å². The highest BCUT2D eigenvalue weighted by Crippen LogP contribution is 2.28. The molecule has 0 radical (unpaired) electrons. The fraction of sp³-hybridized carbons (Fsp3) is 0.778. The third-order valence-electron chi connectivity index (χ3n) is 4.17. The van der Waals surface area contributed by atoms with E-state index < -0.39 is 0 Å². The summed E-state index contributed by atoms with van der Waals surface area (Å²) in [5, 5.41) is 4.74. The maximum Gasteiger partial charge on any atom is 0.244 e. The second-order valence-electron chi connectivity index (χ2n) is 6.13. The average molecular weight is 326 g/mol. The summed E-state index contributed by atoms with van der Waals surface area (Å²) in [5.74, 6) is 0.118. The van der Waals surface area contributed by atoms with E-state index in [1.165, 1.54) is 69.2 Å². The number of carbonyl (C=O) groups excluding carboxylic acids is 2. The first-order chi connectivity index (χ1) is 10.7. The van der Waals surface area contributed by atoms with Gasteiger partial charge in [-0.1, -0.05) is 70.1 Å². The second kappa shape index (κ2) is 12.7. The Kier molecular flexibility index (Phi) is 11.2. The van der Waals surface area contributed by atoms with Gasteiger partial charge in [0.2, 0.25) is 5.91 Å². The maximum absolute atomic E-state index is 11.9. The minimum Gasteiger partial charge on any atom is -0.353 e. The van der Waals surface area contributed by atoms with Crippen molar-refractivity contribution < 1.29 is 9.59 Å². The molecular weight excluding hydrogens is 294 g/mol. The zero-order chi connectivity index (χ0) is 16.0. The molecule has 0 aromatic carbocycles. The van der Waals surface area contributed by atoms with Crippen molar-refractivity contribution in [3.05, 3.63) is 11.5 Å². The van der Waals surface area contributed by atoms with Crippen molar-refractivity contribution in [2.45, 2.75) is 77.6 Å². The van der Waals surface area contributed by atoms with Crippen LogP contribution in [-0.2, 0) is 9.59 Å². The summed E-state index contributed by atoms with van der Waals surface area (Å²) in [5.41, 5.74) is 0. The molecular formula is C18H31NO2S. The summed E-state index contributed by atoms with van der Waals surface area (Å²) in [7, 11) is 0. The van der Waals surface area contributed by atoms with Gasteiger partial charge in [0.1, 0.15) is 0 Å². The topological polar surface area (TPSA) is 46.2 Å². The minimum atomic E-state index is -0.0856. The van der Waals surface area contributed by atoms with Crippen LogP contribution >= 0.6 is 11.8 Å². The van der Waals surface area contributed by atoms with Gasteiger partial charge in [-0.05, 0) is 24.7 Å². The fourth-order valence-electron chi connectivity index (χ4n) is 2.77. The Hall–Kier alpha value is -0.770. The van der Waals surface area contributed by atoms with Gasteiger partial charge in [-0.3, -0.25) is 9.59 Å². The molecule has 4 heteroatoms. The lowest BCUT2D eigenvalue weighted by atomic mass is 9.90. The van der Waals surface area contributed by atoms with E-state index in [-0.39, 0.29) is 16.9 Å². The van der Waals surface area contributed by atoms with Crippen LogP contribution in [0.15, 0.2) is 11.5 Å². The molecule has 0 atom stereocenters. The Morgan fingerprint density at radius 1 is 1.05 bits per heavy atom. The summed E-state index contributed by atoms with van der Waals surface area (Å²) >= 11 is 1.18. The minimum absolute atomic E-state index is 0.0856. The lowest BCUT2D eigenvalue weighted by molar-refractivity contribution is -0.116. The first-order valence-electron chi connectivity index (χ1n) is 8.89. The Bertz CT molecular complexity index is 349. The molecule has 3 nitrogen and oxygen atoms in total. The van der Waals surface area contributed by atoms with E-state index in [9.17, 15) is 9.59 Å². The number of hydrogen-bond donors (Lipinski definition) is 1. The van der Waals surface area contributed by atoms with Crippen molar-refractivity contribution in [1.29, 1.82) is 0 Å². The van der Waals surface area contributed by atoms with Gasteiger partial charge in [0.05, 0.1) is 0 Å². The van der Waals surface area contributed by atoms with Crippen LogP contribution in [0, 0.1) is 5.92 Å². The van der Waals surface area contributed by atoms with Crippen LogP contribution in [0.1, 0.15) is 77.6 Å². The van der Waals surface area contributed by atoms with Crippen LogP contribution in [0.5, 0.6) is 0 Å². The zero-order valence-electron chi connectivity index (χ0n) is 13.9. The number of amides is 1. The van der Waals surface area contributed by atoms with Crippen LogP contribution in [0.4, 0.5) is 0 Å². The number of hydrogen-bond acceptors (Lipinski definition) is 3. The van der Waals surface area contributed by atoms with Crippen molar-refractivity contribution in [2.24, 2.45) is 5.92 Å². The van der Waals surface area contributed by atoms with E-state index in [4.69, 9.17) is 0 Å². The van der Waals surface area contributed by atoms with E-state index in [0.717, 1.165) is 25.8 Å². The van der Waals surface area contributed by atoms with Gasteiger partial charge in [0, 0.05) is 18.5 Å². The summed E-state index contributed by atoms with van der Waals surface area (Å²) in [6, 6.07) is 0. The molecule has 22 heavy (non-hydrogen) atoms. The summed E-state index contributed by atoms with van der Waals surface area (Å²) in [6.45, 7) is 2.94. The molecule has 0 aliphatic heterocycles. The predicted octanol–water partition coefficient (Wildman–Crippen LogP) is 4.82. The normalized spacial score (nSPS) is 16.0. The van der Waals surface area contributed by atoms with E-state index in [2.05, 4.69) is 12.2 Å². The van der Waals surface area contributed by atoms with E-state index in [1.807, 2.05) is 0 Å². The van der Waals surface area contributed by atoms with E-state index in [0.29, 0.717) is 0 Å². The van der Waals surface area contributed by atoms with Gasteiger partial charge in [-0.15, -0.1) is 0 Å². The highest BCUT2D eigenvalue weighted by atomic mass is 32.2. The molecule has 1 aliphatic carbocycles. The van der Waals surface area contributed by atoms with Gasteiger partial charge < -0.3 is 5.32 Å². The number of rotatable bonds is 10. The molecule has 0 heterocycles. The Morgan fingerprint density at radius 3 is 2.45 bits per heavy atom. The largest absolute Gasteiger partial charge is 0.353 e. The molecule has 1 amide bonds. The Morgan fingerprint density at radius 2 is 1.73 bits per heavy atom. The predicted molar refractivity (Wildman–Crippen MR) is 94.7 cm³/mol. The number of nitrogens with one attached hydrogen (secondary N) is 1. The average Bonchev–Trinajstić information content (AvgIpc) is 2.54. The molecule has 1 saturated carbocycles. The van der Waals surface area contributed by atoms with Crippen LogP contribution in [0.3, 0.4) is 0 Å². The van der Waals surface area contributed by atoms with Crippen LogP contribution in [0.2, 0.25) is 0 Å². The van der Waals surface area contributed by atoms with Gasteiger partial charge in [-0.2, -0.15) is 0 Å². The van der Waals surface area contributed by atoms with E-state index >= 15 is 0 Å². The first kappa shape index (κ1) is 19.3. The van der Waals surface area contributed by atoms with Crippen molar-refractivity contribution >= 4 is 22.8 Å². The Labute approximate surface area is 139 Å². The molecule has 0 saturated heterocycles. The molecule has 1 N–H and O–H groups in total. The molecule has 0 aromatic rings. The maximum atomic E-state index is 11.9. The lowest BCUT2D eigenvalue weighted by Crippen LogP contribution is -2.22. The molecule has 0 unspecified atom stereocenters. The van der Waals surface area contributed by atoms with Gasteiger partial charge in [-0.25, -0.2) is 0 Å². The molecule has 1 rings (SSSR count). The van der Waals surface area contributed by atoms with Gasteiger partial charge in [0.25, 0.3) is 0 Å². The third-order valence-corrected chi connectivity index (χ3v) is 5.01. The molecule has 1 aliphatic rings. The third kappa shape index (κ3) is 9.29. The van der Waals surface area contributed by atoms with Crippen molar-refractivity contribution in [3.63, 3.8) is 0 Å². The van der Waals surface area contributed by atoms with Crippen LogP contribution < -0.4 is 5.32 Å². The van der Waals surface area contributed by atoms with Crippen LogP contribution in [0.25, 0.3) is 0 Å². The highest BCUT2D eigenvalue weighted by molar-refractivity contribution is 8.16. The number of carbonyl (C=O) groups is 2. The lowest BCUT2D eigenvalue weighted by Gasteiger charge is -2.18. The van der Waals surface area contributed by atoms with Crippen molar-refractivity contribution in [1.82, 2.24) is 5.32 Å². The van der Waals surface area contributed by atoms with Crippen molar-refractivity contribution in [3.8, 4) is 0 Å². The summed E-state index contributed by atoms with van der Waals surface area (Å²) in [4.78, 5) is 23.6. The molecule has 0 bridgehead atoms. The zero-order valence-corrected chi connectivity index (χ0v) is 14.8. The molecule has 1 fully saturated rings. The fourth-order valence-corrected chi connectivity index (χ4v) is 3.53. The molecule has 0 aromatic heterocycles. The summed E-state index contributed by atoms with van der Waals surface area (Å²) < 4.78 is 0. The smallest absolute Gasteiger partial charge is 0.244 e. The van der Waals surface area contributed by atoms with Crippen LogP contribution in [-0.4, -0.2) is 17.6 Å². The monoisotopic (exact) mass is 325 g/mol. The van der Waals surface area contributed by atoms with Gasteiger partial charge >= 0.3 is 0 Å². The first-order valence-corrected chi connectivity index (χ1v) is 9.77. The SMILES string of the molecule is CCCCCCCCNC(=O)C=CSC(=O)C1CCCCC1. The molecule has 126 valence electrons. The van der Waals surface area contributed by atoms with Crippen molar-refractivity contribution in [2.75, 3.05) is 6.54 Å². The number of unbranched alkanes of at least 4 members (excludes halogenated alkanes) is 5.